The molecule has 1 saturated carbocycles. The zero-order valence-corrected chi connectivity index (χ0v) is 12.8. The van der Waals surface area contributed by atoms with Gasteiger partial charge in [0.05, 0.1) is 0 Å². The topological polar surface area (TPSA) is 50.9 Å². The number of thioether (sulfide) groups is 1. The maximum atomic E-state index is 5.65. The number of nitrogens with two attached hydrogens (primary N) is 1. The molecule has 2 rings (SSSR count). The van der Waals surface area contributed by atoms with E-state index >= 15 is 0 Å². The van der Waals surface area contributed by atoms with E-state index in [-0.39, 0.29) is 0 Å². The fourth-order valence-electron chi connectivity index (χ4n) is 2.33. The third kappa shape index (κ3) is 4.53. The fourth-order valence-corrected chi connectivity index (χ4v) is 4.12. The van der Waals surface area contributed by atoms with E-state index in [2.05, 4.69) is 44.2 Å². The standard InChI is InChI=1S/C13H20BrN3S/c14-11-5-10(7-16-8-11)6-12(17-15)9-18-13-3-1-2-4-13/h5,7-8,12-13,17H,1-4,6,9,15H2. The summed E-state index contributed by atoms with van der Waals surface area (Å²) in [5.74, 6) is 6.73. The Morgan fingerprint density at radius 3 is 2.89 bits per heavy atom. The molecule has 0 spiro atoms. The van der Waals surface area contributed by atoms with Crippen LogP contribution in [0.25, 0.3) is 0 Å². The normalized spacial score (nSPS) is 18.1. The second-order valence-electron chi connectivity index (χ2n) is 4.82. The summed E-state index contributed by atoms with van der Waals surface area (Å²) >= 11 is 5.51. The van der Waals surface area contributed by atoms with Crippen LogP contribution in [0.5, 0.6) is 0 Å². The van der Waals surface area contributed by atoms with Crippen LogP contribution in [0.3, 0.4) is 0 Å². The molecular weight excluding hydrogens is 310 g/mol. The van der Waals surface area contributed by atoms with Gasteiger partial charge in [-0.1, -0.05) is 12.8 Å². The van der Waals surface area contributed by atoms with Gasteiger partial charge in [-0.15, -0.1) is 0 Å². The molecule has 1 heterocycles. The van der Waals surface area contributed by atoms with Gasteiger partial charge in [0.2, 0.25) is 0 Å². The molecule has 1 aliphatic carbocycles. The van der Waals surface area contributed by atoms with Gasteiger partial charge in [-0.3, -0.25) is 16.3 Å². The van der Waals surface area contributed by atoms with Crippen LogP contribution in [0.15, 0.2) is 22.9 Å². The number of hydrazine groups is 1. The van der Waals surface area contributed by atoms with Gasteiger partial charge in [0.25, 0.3) is 0 Å². The lowest BCUT2D eigenvalue weighted by Gasteiger charge is -2.18. The Labute approximate surface area is 121 Å². The predicted molar refractivity (Wildman–Crippen MR) is 81.5 cm³/mol. The third-order valence-corrected chi connectivity index (χ3v) is 5.29. The highest BCUT2D eigenvalue weighted by Crippen LogP contribution is 2.29. The van der Waals surface area contributed by atoms with Gasteiger partial charge in [0, 0.05) is 33.9 Å². The summed E-state index contributed by atoms with van der Waals surface area (Å²) in [6.07, 6.45) is 10.2. The van der Waals surface area contributed by atoms with Crippen molar-refractivity contribution in [1.82, 2.24) is 10.4 Å². The SMILES string of the molecule is NNC(CSC1CCCC1)Cc1cncc(Br)c1. The van der Waals surface area contributed by atoms with E-state index in [0.717, 1.165) is 21.9 Å². The zero-order valence-electron chi connectivity index (χ0n) is 10.4. The van der Waals surface area contributed by atoms with E-state index in [1.807, 2.05) is 12.4 Å². The molecule has 0 aromatic carbocycles. The molecular formula is C13H20BrN3S. The van der Waals surface area contributed by atoms with Crippen LogP contribution in [-0.2, 0) is 6.42 Å². The van der Waals surface area contributed by atoms with Crippen molar-refractivity contribution >= 4 is 27.7 Å². The Hall–Kier alpha value is -0.100. The predicted octanol–water partition coefficient (Wildman–Crippen LogP) is 2.89. The zero-order chi connectivity index (χ0) is 12.8. The summed E-state index contributed by atoms with van der Waals surface area (Å²) in [6, 6.07) is 2.43. The molecule has 18 heavy (non-hydrogen) atoms. The van der Waals surface area contributed by atoms with Crippen molar-refractivity contribution in [2.24, 2.45) is 5.84 Å². The van der Waals surface area contributed by atoms with Gasteiger partial charge >= 0.3 is 0 Å². The number of aromatic nitrogens is 1. The Kier molecular flexibility index (Phi) is 5.95. The average Bonchev–Trinajstić information content (AvgIpc) is 2.87. The van der Waals surface area contributed by atoms with Crippen LogP contribution in [0.4, 0.5) is 0 Å². The Balaban J connectivity index is 1.81. The van der Waals surface area contributed by atoms with Gasteiger partial charge in [0.15, 0.2) is 0 Å². The highest BCUT2D eigenvalue weighted by atomic mass is 79.9. The summed E-state index contributed by atoms with van der Waals surface area (Å²) < 4.78 is 1.03. The van der Waals surface area contributed by atoms with E-state index in [9.17, 15) is 0 Å². The van der Waals surface area contributed by atoms with Crippen LogP contribution in [0.2, 0.25) is 0 Å². The van der Waals surface area contributed by atoms with Crippen molar-refractivity contribution in [3.8, 4) is 0 Å². The minimum atomic E-state index is 0.326. The summed E-state index contributed by atoms with van der Waals surface area (Å²) in [5, 5.41) is 0.849. The molecule has 1 aromatic heterocycles. The van der Waals surface area contributed by atoms with Crippen molar-refractivity contribution in [3.05, 3.63) is 28.5 Å². The monoisotopic (exact) mass is 329 g/mol. The van der Waals surface area contributed by atoms with Crippen LogP contribution >= 0.6 is 27.7 Å². The summed E-state index contributed by atoms with van der Waals surface area (Å²) in [6.45, 7) is 0. The van der Waals surface area contributed by atoms with Crippen molar-refractivity contribution in [2.45, 2.75) is 43.4 Å². The summed E-state index contributed by atoms with van der Waals surface area (Å²) in [4.78, 5) is 4.19. The van der Waals surface area contributed by atoms with Crippen LogP contribution in [-0.4, -0.2) is 22.0 Å². The van der Waals surface area contributed by atoms with Gasteiger partial charge in [-0.25, -0.2) is 0 Å². The van der Waals surface area contributed by atoms with Crippen LogP contribution < -0.4 is 11.3 Å². The van der Waals surface area contributed by atoms with Gasteiger partial charge < -0.3 is 0 Å². The summed E-state index contributed by atoms with van der Waals surface area (Å²) in [7, 11) is 0. The average molecular weight is 330 g/mol. The number of nitrogens with zero attached hydrogens (tertiary/aromatic N) is 1. The first-order valence-corrected chi connectivity index (χ1v) is 8.29. The van der Waals surface area contributed by atoms with E-state index < -0.39 is 0 Å². The maximum absolute atomic E-state index is 5.65. The minimum Gasteiger partial charge on any atom is -0.271 e. The van der Waals surface area contributed by atoms with Gasteiger partial charge in [-0.05, 0) is 46.8 Å². The highest BCUT2D eigenvalue weighted by molar-refractivity contribution is 9.10. The minimum absolute atomic E-state index is 0.326. The number of pyridine rings is 1. The molecule has 1 unspecified atom stereocenters. The van der Waals surface area contributed by atoms with Crippen molar-refractivity contribution in [1.29, 1.82) is 0 Å². The molecule has 1 aliphatic rings. The molecule has 0 amide bonds. The molecule has 0 aliphatic heterocycles. The lowest BCUT2D eigenvalue weighted by molar-refractivity contribution is 0.573. The number of rotatable bonds is 6. The number of nitrogens with one attached hydrogen (secondary N) is 1. The number of halogens is 1. The maximum Gasteiger partial charge on any atom is 0.0410 e. The largest absolute Gasteiger partial charge is 0.271 e. The Morgan fingerprint density at radius 2 is 2.22 bits per heavy atom. The molecule has 1 aromatic rings. The smallest absolute Gasteiger partial charge is 0.0410 e. The van der Waals surface area contributed by atoms with E-state index in [1.54, 1.807) is 0 Å². The van der Waals surface area contributed by atoms with E-state index in [0.29, 0.717) is 6.04 Å². The highest BCUT2D eigenvalue weighted by Gasteiger charge is 2.17. The first kappa shape index (κ1) is 14.3. The van der Waals surface area contributed by atoms with E-state index in [4.69, 9.17) is 5.84 Å². The molecule has 0 saturated heterocycles. The molecule has 0 bridgehead atoms. The molecule has 3 nitrogen and oxygen atoms in total. The second-order valence-corrected chi connectivity index (χ2v) is 7.07. The van der Waals surface area contributed by atoms with Crippen molar-refractivity contribution in [2.75, 3.05) is 5.75 Å². The molecule has 1 fully saturated rings. The third-order valence-electron chi connectivity index (χ3n) is 3.31. The Bertz CT molecular complexity index is 369. The molecule has 1 atom stereocenters. The second kappa shape index (κ2) is 7.48. The number of hydrogen-bond acceptors (Lipinski definition) is 4. The quantitative estimate of drug-likeness (QED) is 0.622. The molecule has 0 radical (unpaired) electrons. The lowest BCUT2D eigenvalue weighted by atomic mass is 10.1. The number of hydrogen-bond donors (Lipinski definition) is 2. The Morgan fingerprint density at radius 1 is 1.44 bits per heavy atom. The van der Waals surface area contributed by atoms with Gasteiger partial charge in [0.1, 0.15) is 0 Å². The molecule has 100 valence electrons. The van der Waals surface area contributed by atoms with Crippen molar-refractivity contribution in [3.63, 3.8) is 0 Å². The van der Waals surface area contributed by atoms with Crippen molar-refractivity contribution < 1.29 is 0 Å². The van der Waals surface area contributed by atoms with Crippen LogP contribution in [0, 0.1) is 0 Å². The molecule has 3 N–H and O–H groups in total. The lowest BCUT2D eigenvalue weighted by Crippen LogP contribution is -2.39. The summed E-state index contributed by atoms with van der Waals surface area (Å²) in [5.41, 5.74) is 4.15. The molecule has 5 heteroatoms. The van der Waals surface area contributed by atoms with E-state index in [1.165, 1.54) is 31.2 Å². The van der Waals surface area contributed by atoms with Crippen LogP contribution in [0.1, 0.15) is 31.2 Å². The first-order chi connectivity index (χ1) is 8.78. The first-order valence-electron chi connectivity index (χ1n) is 6.45. The van der Waals surface area contributed by atoms with Gasteiger partial charge in [-0.2, -0.15) is 11.8 Å². The fraction of sp³-hybridized carbons (Fsp3) is 0.615.